The molecule has 0 unspecified atom stereocenters. The fraction of sp³-hybridized carbons (Fsp3) is 0.412. The van der Waals surface area contributed by atoms with Crippen molar-refractivity contribution in [2.24, 2.45) is 0 Å². The number of hydrogen-bond donors (Lipinski definition) is 1. The van der Waals surface area contributed by atoms with E-state index >= 15 is 0 Å². The van der Waals surface area contributed by atoms with E-state index in [1.54, 1.807) is 0 Å². The lowest BCUT2D eigenvalue weighted by Crippen LogP contribution is -2.44. The van der Waals surface area contributed by atoms with Gasteiger partial charge in [0.1, 0.15) is 5.82 Å². The molecule has 1 N–H and O–H groups in total. The number of aromatic nitrogens is 1. The fourth-order valence-electron chi connectivity index (χ4n) is 2.85. The van der Waals surface area contributed by atoms with E-state index in [-0.39, 0.29) is 23.9 Å². The number of thiazole rings is 1. The Morgan fingerprint density at radius 1 is 1.33 bits per heavy atom. The summed E-state index contributed by atoms with van der Waals surface area (Å²) in [6.07, 6.45) is 0.426. The third kappa shape index (κ3) is 4.37. The second-order valence-electron chi connectivity index (χ2n) is 6.06. The van der Waals surface area contributed by atoms with Gasteiger partial charge in [-0.1, -0.05) is 0 Å². The van der Waals surface area contributed by atoms with Crippen LogP contribution in [0, 0.1) is 5.82 Å². The molecule has 0 radical (unpaired) electrons. The van der Waals surface area contributed by atoms with E-state index in [0.29, 0.717) is 10.7 Å². The summed E-state index contributed by atoms with van der Waals surface area (Å²) in [5.74, 6) is -0.651. The Hall–Kier alpha value is -1.83. The molecular weight excluding hydrogens is 329 g/mol. The summed E-state index contributed by atoms with van der Waals surface area (Å²) in [6, 6.07) is 5.44. The number of amides is 1. The number of halogens is 1. The Bertz CT molecular complexity index is 694. The van der Waals surface area contributed by atoms with Crippen molar-refractivity contribution in [3.8, 4) is 0 Å². The number of anilines is 1. The topological polar surface area (TPSA) is 54.5 Å². The van der Waals surface area contributed by atoms with Gasteiger partial charge >= 0.3 is 0 Å². The highest BCUT2D eigenvalue weighted by Crippen LogP contribution is 2.20. The molecule has 3 rings (SSSR count). The van der Waals surface area contributed by atoms with Gasteiger partial charge in [0, 0.05) is 30.6 Å². The summed E-state index contributed by atoms with van der Waals surface area (Å²) in [6.45, 7) is 6.62. The van der Waals surface area contributed by atoms with E-state index in [2.05, 4.69) is 29.0 Å². The third-order valence-electron chi connectivity index (χ3n) is 3.76. The summed E-state index contributed by atoms with van der Waals surface area (Å²) in [5, 5.41) is 5.25. The maximum Gasteiger partial charge on any atom is 0.257 e. The molecule has 1 aromatic heterocycles. The van der Waals surface area contributed by atoms with Gasteiger partial charge in [0.2, 0.25) is 0 Å². The number of rotatable bonds is 4. The van der Waals surface area contributed by atoms with Crippen molar-refractivity contribution in [1.29, 1.82) is 0 Å². The Balaban J connectivity index is 1.59. The van der Waals surface area contributed by atoms with Gasteiger partial charge in [0.25, 0.3) is 5.91 Å². The minimum absolute atomic E-state index is 0.213. The second-order valence-corrected chi connectivity index (χ2v) is 6.91. The molecule has 0 spiro atoms. The summed E-state index contributed by atoms with van der Waals surface area (Å²) in [5.41, 5.74) is 1.33. The van der Waals surface area contributed by atoms with Crippen molar-refractivity contribution in [1.82, 2.24) is 9.88 Å². The van der Waals surface area contributed by atoms with Crippen LogP contribution >= 0.6 is 11.3 Å². The van der Waals surface area contributed by atoms with Gasteiger partial charge in [-0.25, -0.2) is 9.37 Å². The van der Waals surface area contributed by atoms with Crippen molar-refractivity contribution < 1.29 is 13.9 Å². The predicted molar refractivity (Wildman–Crippen MR) is 91.8 cm³/mol. The lowest BCUT2D eigenvalue weighted by atomic mass is 10.2. The molecule has 1 aliphatic heterocycles. The minimum Gasteiger partial charge on any atom is -0.373 e. The van der Waals surface area contributed by atoms with Crippen molar-refractivity contribution in [3.63, 3.8) is 0 Å². The van der Waals surface area contributed by atoms with Gasteiger partial charge in [-0.3, -0.25) is 15.0 Å². The molecule has 1 fully saturated rings. The lowest BCUT2D eigenvalue weighted by molar-refractivity contribution is -0.0707. The van der Waals surface area contributed by atoms with Crippen LogP contribution in [0.1, 0.15) is 29.9 Å². The van der Waals surface area contributed by atoms with Crippen molar-refractivity contribution in [3.05, 3.63) is 46.7 Å². The van der Waals surface area contributed by atoms with Crippen LogP contribution in [0.5, 0.6) is 0 Å². The SMILES string of the molecule is C[C@@H]1CN(Cc2csc(NC(=O)c3ccc(F)cc3)n2)C[C@@H](C)O1. The van der Waals surface area contributed by atoms with Crippen LogP contribution in [0.4, 0.5) is 9.52 Å². The van der Waals surface area contributed by atoms with Crippen molar-refractivity contribution in [2.75, 3.05) is 18.4 Å². The zero-order valence-electron chi connectivity index (χ0n) is 13.7. The van der Waals surface area contributed by atoms with Crippen LogP contribution in [0.2, 0.25) is 0 Å². The molecule has 1 saturated heterocycles. The predicted octanol–water partition coefficient (Wildman–Crippen LogP) is 3.14. The number of morpholine rings is 1. The van der Waals surface area contributed by atoms with Crippen molar-refractivity contribution in [2.45, 2.75) is 32.6 Å². The number of carbonyl (C=O) groups is 1. The third-order valence-corrected chi connectivity index (χ3v) is 4.57. The van der Waals surface area contributed by atoms with E-state index in [1.807, 2.05) is 5.38 Å². The molecule has 128 valence electrons. The molecule has 7 heteroatoms. The molecule has 2 aromatic rings. The Morgan fingerprint density at radius 2 is 2.00 bits per heavy atom. The second kappa shape index (κ2) is 7.38. The first kappa shape index (κ1) is 17.0. The van der Waals surface area contributed by atoms with Gasteiger partial charge in [-0.05, 0) is 38.1 Å². The first-order chi connectivity index (χ1) is 11.5. The number of benzene rings is 1. The molecule has 0 aliphatic carbocycles. The zero-order chi connectivity index (χ0) is 17.1. The number of carbonyl (C=O) groups excluding carboxylic acids is 1. The van der Waals surface area contributed by atoms with E-state index < -0.39 is 0 Å². The van der Waals surface area contributed by atoms with Gasteiger partial charge in [0.15, 0.2) is 5.13 Å². The molecule has 1 aromatic carbocycles. The number of nitrogens with one attached hydrogen (secondary N) is 1. The first-order valence-corrected chi connectivity index (χ1v) is 8.76. The van der Waals surface area contributed by atoms with Gasteiger partial charge in [0.05, 0.1) is 17.9 Å². The standard InChI is InChI=1S/C17H20FN3O2S/c1-11-7-21(8-12(2)23-11)9-15-10-24-17(19-15)20-16(22)13-3-5-14(18)6-4-13/h3-6,10-12H,7-9H2,1-2H3,(H,19,20,22)/t11-,12-/m1/s1. The van der Waals surface area contributed by atoms with Crippen LogP contribution in [-0.2, 0) is 11.3 Å². The molecule has 1 aliphatic rings. The highest BCUT2D eigenvalue weighted by atomic mass is 32.1. The quantitative estimate of drug-likeness (QED) is 0.921. The van der Waals surface area contributed by atoms with Crippen LogP contribution in [-0.4, -0.2) is 41.1 Å². The van der Waals surface area contributed by atoms with Crippen LogP contribution < -0.4 is 5.32 Å². The number of hydrogen-bond acceptors (Lipinski definition) is 5. The van der Waals surface area contributed by atoms with Crippen LogP contribution in [0.3, 0.4) is 0 Å². The van der Waals surface area contributed by atoms with Gasteiger partial charge < -0.3 is 4.74 Å². The van der Waals surface area contributed by atoms with E-state index in [9.17, 15) is 9.18 Å². The highest BCUT2D eigenvalue weighted by molar-refractivity contribution is 7.13. The molecular formula is C17H20FN3O2S. The lowest BCUT2D eigenvalue weighted by Gasteiger charge is -2.34. The molecule has 2 heterocycles. The molecule has 0 bridgehead atoms. The average molecular weight is 349 g/mol. The number of nitrogens with zero attached hydrogens (tertiary/aromatic N) is 2. The summed E-state index contributed by atoms with van der Waals surface area (Å²) >= 11 is 1.39. The fourth-order valence-corrected chi connectivity index (χ4v) is 3.55. The van der Waals surface area contributed by atoms with Crippen LogP contribution in [0.15, 0.2) is 29.6 Å². The summed E-state index contributed by atoms with van der Waals surface area (Å²) in [7, 11) is 0. The van der Waals surface area contributed by atoms with Crippen molar-refractivity contribution >= 4 is 22.4 Å². The summed E-state index contributed by atoms with van der Waals surface area (Å²) in [4.78, 5) is 18.9. The smallest absolute Gasteiger partial charge is 0.257 e. The summed E-state index contributed by atoms with van der Waals surface area (Å²) < 4.78 is 18.6. The minimum atomic E-state index is -0.364. The largest absolute Gasteiger partial charge is 0.373 e. The molecule has 24 heavy (non-hydrogen) atoms. The molecule has 1 amide bonds. The van der Waals surface area contributed by atoms with E-state index in [1.165, 1.54) is 35.6 Å². The number of ether oxygens (including phenoxy) is 1. The van der Waals surface area contributed by atoms with Crippen LogP contribution in [0.25, 0.3) is 0 Å². The molecule has 5 nitrogen and oxygen atoms in total. The maximum atomic E-state index is 12.9. The Morgan fingerprint density at radius 3 is 2.67 bits per heavy atom. The average Bonchev–Trinajstić information content (AvgIpc) is 2.93. The van der Waals surface area contributed by atoms with E-state index in [0.717, 1.165) is 25.3 Å². The zero-order valence-corrected chi connectivity index (χ0v) is 14.5. The monoisotopic (exact) mass is 349 g/mol. The molecule has 2 atom stereocenters. The first-order valence-electron chi connectivity index (χ1n) is 7.89. The Kier molecular flexibility index (Phi) is 5.23. The molecule has 0 saturated carbocycles. The van der Waals surface area contributed by atoms with E-state index in [4.69, 9.17) is 4.74 Å². The van der Waals surface area contributed by atoms with Gasteiger partial charge in [-0.2, -0.15) is 0 Å². The van der Waals surface area contributed by atoms with Gasteiger partial charge in [-0.15, -0.1) is 11.3 Å². The highest BCUT2D eigenvalue weighted by Gasteiger charge is 2.22. The Labute approximate surface area is 144 Å². The normalized spacial score (nSPS) is 21.6. The maximum absolute atomic E-state index is 12.9.